The van der Waals surface area contributed by atoms with Crippen LogP contribution in [-0.4, -0.2) is 54.4 Å². The molecule has 0 bridgehead atoms. The number of nitrogens with one attached hydrogen (secondary N) is 1. The number of ether oxygens (including phenoxy) is 1. The van der Waals surface area contributed by atoms with Gasteiger partial charge in [-0.2, -0.15) is 4.57 Å². The maximum atomic E-state index is 13.1. The van der Waals surface area contributed by atoms with Gasteiger partial charge >= 0.3 is 5.97 Å². The minimum Gasteiger partial charge on any atom is -0.480 e. The summed E-state index contributed by atoms with van der Waals surface area (Å²) < 4.78 is 7.55. The van der Waals surface area contributed by atoms with Gasteiger partial charge < -0.3 is 15.2 Å². The van der Waals surface area contributed by atoms with Crippen molar-refractivity contribution >= 4 is 40.9 Å². The van der Waals surface area contributed by atoms with Crippen molar-refractivity contribution in [2.45, 2.75) is 38.0 Å². The first-order valence-electron chi connectivity index (χ1n) is 10.8. The van der Waals surface area contributed by atoms with Crippen LogP contribution in [0.2, 0.25) is 5.02 Å². The van der Waals surface area contributed by atoms with Gasteiger partial charge in [0.15, 0.2) is 18.2 Å². The van der Waals surface area contributed by atoms with Crippen molar-refractivity contribution < 1.29 is 28.8 Å². The number of aromatic nitrogens is 1. The van der Waals surface area contributed by atoms with E-state index < -0.39 is 24.0 Å². The Morgan fingerprint density at radius 3 is 2.62 bits per heavy atom. The van der Waals surface area contributed by atoms with Crippen LogP contribution in [0, 0.1) is 0 Å². The number of ketones is 1. The van der Waals surface area contributed by atoms with E-state index in [4.69, 9.17) is 21.4 Å². The first-order valence-corrected chi connectivity index (χ1v) is 11.9. The van der Waals surface area contributed by atoms with E-state index in [-0.39, 0.29) is 19.2 Å². The van der Waals surface area contributed by atoms with Gasteiger partial charge in [0.05, 0.1) is 0 Å². The van der Waals surface area contributed by atoms with Crippen molar-refractivity contribution in [3.63, 3.8) is 0 Å². The molecule has 0 radical (unpaired) electrons. The maximum absolute atomic E-state index is 13.1. The summed E-state index contributed by atoms with van der Waals surface area (Å²) in [6.45, 7) is -0.121. The fourth-order valence-corrected chi connectivity index (χ4v) is 4.38. The minimum absolute atomic E-state index is 0.132. The normalized spacial score (nSPS) is 17.6. The molecule has 3 rings (SSSR count). The number of rotatable bonds is 9. The van der Waals surface area contributed by atoms with E-state index in [1.807, 2.05) is 30.1 Å². The smallest absolute Gasteiger partial charge is 0.322 e. The van der Waals surface area contributed by atoms with Crippen LogP contribution >= 0.6 is 23.2 Å². The van der Waals surface area contributed by atoms with Gasteiger partial charge in [-0.15, -0.1) is 11.6 Å². The molecule has 1 aromatic heterocycles. The lowest BCUT2D eigenvalue weighted by atomic mass is 9.74. The van der Waals surface area contributed by atoms with Gasteiger partial charge in [0.2, 0.25) is 0 Å². The Labute approximate surface area is 209 Å². The van der Waals surface area contributed by atoms with Gasteiger partial charge in [-0.1, -0.05) is 36.2 Å². The summed E-state index contributed by atoms with van der Waals surface area (Å²) in [7, 11) is 1.85. The second-order valence-corrected chi connectivity index (χ2v) is 8.22. The van der Waals surface area contributed by atoms with E-state index in [0.717, 1.165) is 18.4 Å². The lowest BCUT2D eigenvalue weighted by Gasteiger charge is -2.43. The zero-order valence-corrected chi connectivity index (χ0v) is 20.8. The highest BCUT2D eigenvalue weighted by Gasteiger charge is 2.46. The number of Topliss-reactive ketones (excluding diaryl/α,β-unsaturated/α-hetero) is 1. The molecule has 10 heteroatoms. The summed E-state index contributed by atoms with van der Waals surface area (Å²) in [6.07, 6.45) is 7.74. The Kier molecular flexibility index (Phi) is 10.9. The lowest BCUT2D eigenvalue weighted by molar-refractivity contribution is -0.733. The van der Waals surface area contributed by atoms with Gasteiger partial charge in [0.25, 0.3) is 12.6 Å². The Balaban J connectivity index is 0.00000199. The molecule has 1 aliphatic carbocycles. The summed E-state index contributed by atoms with van der Waals surface area (Å²) in [4.78, 5) is 37.7. The average Bonchev–Trinajstić information content (AvgIpc) is 2.85. The molecule has 1 aliphatic rings. The van der Waals surface area contributed by atoms with E-state index in [1.165, 1.54) is 6.38 Å². The van der Waals surface area contributed by atoms with Crippen LogP contribution in [0.1, 0.15) is 41.6 Å². The SMILES string of the molecule is CCl.CN(COC[n+]1cccc(C(=O)NCC(=O)O)c1)C1(c2ccccc2Cl)CCCCC1=O. The number of alkyl halides is 1. The van der Waals surface area contributed by atoms with Gasteiger partial charge in [-0.3, -0.25) is 19.3 Å². The predicted molar refractivity (Wildman–Crippen MR) is 129 cm³/mol. The van der Waals surface area contributed by atoms with Crippen LogP contribution in [-0.2, 0) is 26.6 Å². The van der Waals surface area contributed by atoms with Gasteiger partial charge in [0.1, 0.15) is 24.4 Å². The number of hydrogen-bond donors (Lipinski definition) is 2. The van der Waals surface area contributed by atoms with E-state index in [2.05, 4.69) is 16.9 Å². The maximum Gasteiger partial charge on any atom is 0.322 e. The van der Waals surface area contributed by atoms with Crippen LogP contribution in [0.5, 0.6) is 0 Å². The summed E-state index contributed by atoms with van der Waals surface area (Å²) >= 11 is 11.1. The highest BCUT2D eigenvalue weighted by atomic mass is 35.5. The van der Waals surface area contributed by atoms with Crippen molar-refractivity contribution in [3.05, 3.63) is 64.9 Å². The Hall–Kier alpha value is -2.52. The summed E-state index contributed by atoms with van der Waals surface area (Å²) in [6, 6.07) is 10.7. The average molecular weight is 511 g/mol. The lowest BCUT2D eigenvalue weighted by Crippen LogP contribution is -2.53. The molecule has 0 saturated heterocycles. The number of halogens is 2. The molecule has 8 nitrogen and oxygen atoms in total. The first kappa shape index (κ1) is 27.7. The molecule has 1 unspecified atom stereocenters. The Morgan fingerprint density at radius 1 is 1.21 bits per heavy atom. The van der Waals surface area contributed by atoms with Crippen molar-refractivity contribution in [2.75, 3.05) is 26.7 Å². The Bertz CT molecular complexity index is 1000. The van der Waals surface area contributed by atoms with Crippen molar-refractivity contribution in [1.82, 2.24) is 10.2 Å². The number of aliphatic carboxylic acids is 1. The third-order valence-electron chi connectivity index (χ3n) is 5.67. The standard InChI is InChI=1S/C23H26ClN3O5.CH3Cl/c1-26(23(11-5-4-10-20(23)28)18-8-2-3-9-19(18)24)15-32-16-27-12-6-7-17(14-27)22(31)25-13-21(29)30;1-2/h2-3,6-9,12,14H,4-5,10-11,13,15-16H2,1H3,(H-,25,29,30,31);1H3/p+1. The van der Waals surface area contributed by atoms with Gasteiger partial charge in [0, 0.05) is 23.9 Å². The summed E-state index contributed by atoms with van der Waals surface area (Å²) in [5.74, 6) is -1.46. The summed E-state index contributed by atoms with van der Waals surface area (Å²) in [5.41, 5.74) is 0.280. The number of carboxylic acid groups (broad SMARTS) is 1. The van der Waals surface area contributed by atoms with Crippen molar-refractivity contribution in [3.8, 4) is 0 Å². The van der Waals surface area contributed by atoms with Crippen LogP contribution in [0.15, 0.2) is 48.8 Å². The number of benzene rings is 1. The van der Waals surface area contributed by atoms with Crippen LogP contribution < -0.4 is 9.88 Å². The van der Waals surface area contributed by atoms with E-state index in [0.29, 0.717) is 23.4 Å². The molecule has 1 fully saturated rings. The molecule has 1 amide bonds. The van der Waals surface area contributed by atoms with E-state index in [1.54, 1.807) is 35.2 Å². The van der Waals surface area contributed by atoms with E-state index >= 15 is 0 Å². The molecule has 1 heterocycles. The van der Waals surface area contributed by atoms with E-state index in [9.17, 15) is 14.4 Å². The number of likely N-dealkylation sites (N-methyl/N-ethyl adjacent to an activating group) is 1. The number of hydrogen-bond acceptors (Lipinski definition) is 5. The van der Waals surface area contributed by atoms with Crippen molar-refractivity contribution in [2.24, 2.45) is 0 Å². The fraction of sp³-hybridized carbons (Fsp3) is 0.417. The largest absolute Gasteiger partial charge is 0.480 e. The number of carboxylic acids is 1. The highest BCUT2D eigenvalue weighted by molar-refractivity contribution is 6.31. The summed E-state index contributed by atoms with van der Waals surface area (Å²) in [5, 5.41) is 11.6. The zero-order valence-electron chi connectivity index (χ0n) is 19.3. The molecule has 0 spiro atoms. The molecule has 1 saturated carbocycles. The van der Waals surface area contributed by atoms with Gasteiger partial charge in [-0.05, 0) is 37.6 Å². The van der Waals surface area contributed by atoms with Gasteiger partial charge in [-0.25, -0.2) is 0 Å². The number of amides is 1. The molecule has 2 aromatic rings. The van der Waals surface area contributed by atoms with Crippen LogP contribution in [0.3, 0.4) is 0 Å². The quantitative estimate of drug-likeness (QED) is 0.305. The molecule has 184 valence electrons. The minimum atomic E-state index is -1.11. The topological polar surface area (TPSA) is 99.8 Å². The van der Waals surface area contributed by atoms with Crippen molar-refractivity contribution in [1.29, 1.82) is 0 Å². The zero-order chi connectivity index (χ0) is 25.1. The second kappa shape index (κ2) is 13.4. The molecular weight excluding hydrogens is 481 g/mol. The number of nitrogens with zero attached hydrogens (tertiary/aromatic N) is 2. The molecule has 1 aromatic carbocycles. The fourth-order valence-electron chi connectivity index (χ4n) is 4.09. The second-order valence-electron chi connectivity index (χ2n) is 7.81. The monoisotopic (exact) mass is 510 g/mol. The highest BCUT2D eigenvalue weighted by Crippen LogP contribution is 2.42. The molecular formula is C24H30Cl2N3O5+. The molecule has 2 N–H and O–H groups in total. The molecule has 0 aliphatic heterocycles. The number of carbonyl (C=O) groups excluding carboxylic acids is 2. The predicted octanol–water partition coefficient (Wildman–Crippen LogP) is 3.20. The third-order valence-corrected chi connectivity index (χ3v) is 6.00. The third kappa shape index (κ3) is 6.76. The Morgan fingerprint density at radius 2 is 1.94 bits per heavy atom. The molecule has 34 heavy (non-hydrogen) atoms. The van der Waals surface area contributed by atoms with Crippen LogP contribution in [0.25, 0.3) is 0 Å². The first-order chi connectivity index (χ1) is 16.3. The molecule has 1 atom stereocenters. The number of carbonyl (C=O) groups is 3. The number of pyridine rings is 1. The van der Waals surface area contributed by atoms with Crippen LogP contribution in [0.4, 0.5) is 0 Å².